The molecule has 1 fully saturated rings. The van der Waals surface area contributed by atoms with Crippen molar-refractivity contribution in [1.82, 2.24) is 10.2 Å². The van der Waals surface area contributed by atoms with Crippen LogP contribution >= 0.6 is 11.8 Å². The number of fused-ring (bicyclic) bond motifs is 1. The Bertz CT molecular complexity index is 764. The van der Waals surface area contributed by atoms with E-state index in [1.54, 1.807) is 31.2 Å². The predicted octanol–water partition coefficient (Wildman–Crippen LogP) is -0.255. The molecule has 0 saturated carbocycles. The van der Waals surface area contributed by atoms with Crippen molar-refractivity contribution in [1.29, 1.82) is 0 Å². The van der Waals surface area contributed by atoms with Crippen LogP contribution in [0, 0.1) is 0 Å². The highest BCUT2D eigenvalue weighted by atomic mass is 32.2. The zero-order chi connectivity index (χ0) is 17.4. The SMILES string of the molecule is CC1=C(C(=O)O)N2C(=O)C(NC(=O)Cc3ccccc3N)[C@H]2SC1.O. The van der Waals surface area contributed by atoms with Gasteiger partial charge in [0.2, 0.25) is 5.91 Å². The quantitative estimate of drug-likeness (QED) is 0.495. The number of para-hydroxylation sites is 1. The number of carboxylic acids is 1. The summed E-state index contributed by atoms with van der Waals surface area (Å²) in [7, 11) is 0. The first-order chi connectivity index (χ1) is 11.4. The summed E-state index contributed by atoms with van der Waals surface area (Å²) < 4.78 is 0. The Morgan fingerprint density at radius 2 is 2.08 bits per heavy atom. The fraction of sp³-hybridized carbons (Fsp3) is 0.312. The summed E-state index contributed by atoms with van der Waals surface area (Å²) in [6, 6.07) is 6.34. The van der Waals surface area contributed by atoms with Crippen LogP contribution in [-0.2, 0) is 20.8 Å². The van der Waals surface area contributed by atoms with Gasteiger partial charge in [-0.1, -0.05) is 18.2 Å². The van der Waals surface area contributed by atoms with Crippen molar-refractivity contribution in [3.8, 4) is 0 Å². The minimum atomic E-state index is -1.12. The number of nitrogens with one attached hydrogen (secondary N) is 1. The van der Waals surface area contributed by atoms with Crippen LogP contribution in [0.15, 0.2) is 35.5 Å². The molecule has 3 rings (SSSR count). The second-order valence-corrected chi connectivity index (χ2v) is 6.87. The number of nitrogens with two attached hydrogens (primary N) is 1. The maximum atomic E-state index is 12.3. The molecule has 6 N–H and O–H groups in total. The number of anilines is 1. The number of rotatable bonds is 4. The topological polar surface area (TPSA) is 144 Å². The highest BCUT2D eigenvalue weighted by Crippen LogP contribution is 2.40. The van der Waals surface area contributed by atoms with E-state index in [2.05, 4.69) is 5.32 Å². The molecule has 0 bridgehead atoms. The summed E-state index contributed by atoms with van der Waals surface area (Å²) in [5.41, 5.74) is 7.71. The number of aliphatic carboxylic acids is 1. The first-order valence-corrected chi connectivity index (χ1v) is 8.45. The van der Waals surface area contributed by atoms with Gasteiger partial charge in [0.1, 0.15) is 17.1 Å². The molecule has 8 nitrogen and oxygen atoms in total. The normalized spacial score (nSPS) is 21.8. The van der Waals surface area contributed by atoms with Crippen molar-refractivity contribution in [3.05, 3.63) is 41.1 Å². The number of carbonyl (C=O) groups is 3. The lowest BCUT2D eigenvalue weighted by Gasteiger charge is -2.49. The number of β-lactam (4-membered cyclic amide) rings is 1. The molecule has 1 aromatic carbocycles. The number of amides is 2. The van der Waals surface area contributed by atoms with Gasteiger partial charge in [-0.2, -0.15) is 0 Å². The van der Waals surface area contributed by atoms with Crippen LogP contribution in [0.4, 0.5) is 5.69 Å². The van der Waals surface area contributed by atoms with E-state index in [1.807, 2.05) is 0 Å². The Morgan fingerprint density at radius 1 is 1.40 bits per heavy atom. The van der Waals surface area contributed by atoms with Crippen molar-refractivity contribution in [2.45, 2.75) is 24.8 Å². The lowest BCUT2D eigenvalue weighted by molar-refractivity contribution is -0.150. The fourth-order valence-corrected chi connectivity index (χ4v) is 4.16. The van der Waals surface area contributed by atoms with Crippen molar-refractivity contribution >= 4 is 35.2 Å². The van der Waals surface area contributed by atoms with Crippen LogP contribution in [0.1, 0.15) is 12.5 Å². The summed E-state index contributed by atoms with van der Waals surface area (Å²) in [4.78, 5) is 37.1. The van der Waals surface area contributed by atoms with Gasteiger partial charge in [-0.05, 0) is 24.1 Å². The molecule has 2 aliphatic heterocycles. The molecule has 1 saturated heterocycles. The number of thioether (sulfide) groups is 1. The molecule has 9 heteroatoms. The van der Waals surface area contributed by atoms with Gasteiger partial charge in [-0.3, -0.25) is 14.5 Å². The average Bonchev–Trinajstić information content (AvgIpc) is 2.54. The molecule has 2 heterocycles. The molecule has 2 aliphatic rings. The van der Waals surface area contributed by atoms with Gasteiger partial charge >= 0.3 is 5.97 Å². The van der Waals surface area contributed by atoms with E-state index in [-0.39, 0.29) is 28.9 Å². The van der Waals surface area contributed by atoms with Gasteiger partial charge in [-0.25, -0.2) is 4.79 Å². The molecule has 134 valence electrons. The summed E-state index contributed by atoms with van der Waals surface area (Å²) >= 11 is 1.45. The summed E-state index contributed by atoms with van der Waals surface area (Å²) in [5, 5.41) is 11.6. The Balaban J connectivity index is 0.00000225. The molecule has 2 amide bonds. The standard InChI is InChI=1S/C16H17N3O4S.H2O/c1-8-7-24-15-12(14(21)19(15)13(8)16(22)23)18-11(20)6-9-4-2-3-5-10(9)17;/h2-5,12,15H,6-7,17H2,1H3,(H,18,20)(H,22,23);1H2/t12?,15-;/m1./s1. The molecule has 1 aromatic rings. The van der Waals surface area contributed by atoms with Crippen molar-refractivity contribution in [3.63, 3.8) is 0 Å². The second kappa shape index (κ2) is 7.16. The molecule has 0 aromatic heterocycles. The zero-order valence-electron chi connectivity index (χ0n) is 13.5. The molecule has 0 spiro atoms. The van der Waals surface area contributed by atoms with Crippen LogP contribution in [0.5, 0.6) is 0 Å². The third-order valence-electron chi connectivity index (χ3n) is 4.08. The predicted molar refractivity (Wildman–Crippen MR) is 93.5 cm³/mol. The minimum Gasteiger partial charge on any atom is -0.477 e. The fourth-order valence-electron chi connectivity index (χ4n) is 2.87. The third-order valence-corrected chi connectivity index (χ3v) is 5.51. The molecule has 1 unspecified atom stereocenters. The molecular formula is C16H19N3O5S. The first-order valence-electron chi connectivity index (χ1n) is 7.40. The summed E-state index contributed by atoms with van der Waals surface area (Å²) in [6.45, 7) is 1.70. The Hall–Kier alpha value is -2.52. The van der Waals surface area contributed by atoms with E-state index >= 15 is 0 Å². The molecule has 0 aliphatic carbocycles. The van der Waals surface area contributed by atoms with Crippen LogP contribution < -0.4 is 11.1 Å². The van der Waals surface area contributed by atoms with E-state index < -0.39 is 17.9 Å². The Kier molecular flexibility index (Phi) is 5.39. The minimum absolute atomic E-state index is 0. The summed E-state index contributed by atoms with van der Waals surface area (Å²) in [6.07, 6.45) is 0.0779. The van der Waals surface area contributed by atoms with Crippen LogP contribution in [0.25, 0.3) is 0 Å². The van der Waals surface area contributed by atoms with Crippen molar-refractivity contribution in [2.24, 2.45) is 0 Å². The van der Waals surface area contributed by atoms with E-state index in [4.69, 9.17) is 5.73 Å². The smallest absolute Gasteiger partial charge is 0.352 e. The van der Waals surface area contributed by atoms with Crippen LogP contribution in [0.2, 0.25) is 0 Å². The number of hydrogen-bond acceptors (Lipinski definition) is 5. The van der Waals surface area contributed by atoms with E-state index in [0.29, 0.717) is 22.6 Å². The summed E-state index contributed by atoms with van der Waals surface area (Å²) in [5.74, 6) is -1.30. The lowest BCUT2D eigenvalue weighted by atomic mass is 10.0. The number of hydrogen-bond donors (Lipinski definition) is 3. The molecular weight excluding hydrogens is 346 g/mol. The first kappa shape index (κ1) is 18.8. The third kappa shape index (κ3) is 3.33. The number of carboxylic acid groups (broad SMARTS) is 1. The highest BCUT2D eigenvalue weighted by Gasteiger charge is 2.53. The van der Waals surface area contributed by atoms with Gasteiger partial charge < -0.3 is 21.6 Å². The lowest BCUT2D eigenvalue weighted by Crippen LogP contribution is -2.70. The maximum absolute atomic E-state index is 12.3. The number of nitrogen functional groups attached to an aromatic ring is 1. The number of nitrogens with zero attached hydrogens (tertiary/aromatic N) is 1. The van der Waals surface area contributed by atoms with Gasteiger partial charge in [0, 0.05) is 11.4 Å². The molecule has 2 atom stereocenters. The Labute approximate surface area is 148 Å². The van der Waals surface area contributed by atoms with Gasteiger partial charge in [0.25, 0.3) is 5.91 Å². The van der Waals surface area contributed by atoms with Crippen LogP contribution in [0.3, 0.4) is 0 Å². The average molecular weight is 365 g/mol. The van der Waals surface area contributed by atoms with E-state index in [9.17, 15) is 19.5 Å². The molecule has 0 radical (unpaired) electrons. The van der Waals surface area contributed by atoms with Crippen LogP contribution in [-0.4, -0.2) is 50.4 Å². The van der Waals surface area contributed by atoms with E-state index in [0.717, 1.165) is 0 Å². The maximum Gasteiger partial charge on any atom is 0.352 e. The highest BCUT2D eigenvalue weighted by molar-refractivity contribution is 8.00. The van der Waals surface area contributed by atoms with Crippen molar-refractivity contribution in [2.75, 3.05) is 11.5 Å². The number of benzene rings is 1. The zero-order valence-corrected chi connectivity index (χ0v) is 14.3. The van der Waals surface area contributed by atoms with Crippen molar-refractivity contribution < 1.29 is 25.0 Å². The van der Waals surface area contributed by atoms with Gasteiger partial charge in [-0.15, -0.1) is 11.8 Å². The Morgan fingerprint density at radius 3 is 2.72 bits per heavy atom. The van der Waals surface area contributed by atoms with Gasteiger partial charge in [0.05, 0.1) is 6.42 Å². The second-order valence-electron chi connectivity index (χ2n) is 5.76. The molecule has 25 heavy (non-hydrogen) atoms. The monoisotopic (exact) mass is 365 g/mol. The van der Waals surface area contributed by atoms with E-state index in [1.165, 1.54) is 16.7 Å². The largest absolute Gasteiger partial charge is 0.477 e. The van der Waals surface area contributed by atoms with Gasteiger partial charge in [0.15, 0.2) is 0 Å². The number of carbonyl (C=O) groups excluding carboxylic acids is 2.